The summed E-state index contributed by atoms with van der Waals surface area (Å²) in [6.45, 7) is 4.42. The van der Waals surface area contributed by atoms with Crippen LogP contribution in [0, 0.1) is 0 Å². The number of hydrogen-bond donors (Lipinski definition) is 1. The Labute approximate surface area is 181 Å². The van der Waals surface area contributed by atoms with E-state index in [1.807, 2.05) is 19.9 Å². The van der Waals surface area contributed by atoms with Crippen LogP contribution in [0.1, 0.15) is 20.3 Å². The van der Waals surface area contributed by atoms with Crippen LogP contribution in [-0.2, 0) is 17.9 Å². The van der Waals surface area contributed by atoms with Crippen LogP contribution >= 0.6 is 11.3 Å². The third kappa shape index (κ3) is 3.96. The zero-order valence-corrected chi connectivity index (χ0v) is 18.1. The van der Waals surface area contributed by atoms with E-state index in [0.29, 0.717) is 44.9 Å². The van der Waals surface area contributed by atoms with Gasteiger partial charge in [-0.25, -0.2) is 9.78 Å². The topological polar surface area (TPSA) is 95.2 Å². The maximum absolute atomic E-state index is 13.2. The van der Waals surface area contributed by atoms with Gasteiger partial charge in [0.1, 0.15) is 21.8 Å². The van der Waals surface area contributed by atoms with Gasteiger partial charge in [-0.3, -0.25) is 18.7 Å². The normalized spacial score (nSPS) is 11.2. The van der Waals surface area contributed by atoms with Crippen LogP contribution in [0.4, 0.5) is 5.69 Å². The Morgan fingerprint density at radius 2 is 1.90 bits per heavy atom. The second-order valence-electron chi connectivity index (χ2n) is 6.97. The van der Waals surface area contributed by atoms with Crippen LogP contribution in [-0.4, -0.2) is 26.6 Å². The van der Waals surface area contributed by atoms with E-state index >= 15 is 0 Å². The van der Waals surface area contributed by atoms with E-state index in [0.717, 1.165) is 0 Å². The number of ether oxygens (including phenoxy) is 1. The lowest BCUT2D eigenvalue weighted by molar-refractivity contribution is -0.116. The van der Waals surface area contributed by atoms with E-state index < -0.39 is 5.69 Å². The number of carbonyl (C=O) groups excluding carboxylic acids is 1. The van der Waals surface area contributed by atoms with Crippen molar-refractivity contribution in [2.45, 2.75) is 33.4 Å². The third-order valence-corrected chi connectivity index (χ3v) is 5.90. The molecule has 0 spiro atoms. The van der Waals surface area contributed by atoms with Crippen molar-refractivity contribution in [2.24, 2.45) is 0 Å². The molecule has 8 nitrogen and oxygen atoms in total. The standard InChI is InChI=1S/C22H22N4O4S/c1-3-12-25-21(28)19-18(16-6-5-11-23-20(16)31-19)26(22(25)29)13-17(27)24-14-7-9-15(10-8-14)30-4-2/h5-11H,3-4,12-13H2,1-2H3,(H,24,27). The summed E-state index contributed by atoms with van der Waals surface area (Å²) in [5, 5.41) is 3.49. The Hall–Kier alpha value is -3.46. The molecule has 0 aliphatic carbocycles. The first-order valence-corrected chi connectivity index (χ1v) is 10.9. The van der Waals surface area contributed by atoms with E-state index in [2.05, 4.69) is 10.3 Å². The highest BCUT2D eigenvalue weighted by molar-refractivity contribution is 7.25. The molecule has 4 aromatic rings. The molecule has 3 aromatic heterocycles. The van der Waals surface area contributed by atoms with Crippen molar-refractivity contribution in [3.63, 3.8) is 0 Å². The number of aromatic nitrogens is 3. The van der Waals surface area contributed by atoms with Gasteiger partial charge >= 0.3 is 5.69 Å². The van der Waals surface area contributed by atoms with Gasteiger partial charge in [0.25, 0.3) is 5.56 Å². The number of fused-ring (bicyclic) bond motifs is 3. The molecule has 0 aliphatic rings. The summed E-state index contributed by atoms with van der Waals surface area (Å²) in [6.07, 6.45) is 2.27. The van der Waals surface area contributed by atoms with Crippen LogP contribution in [0.2, 0.25) is 0 Å². The fourth-order valence-electron chi connectivity index (χ4n) is 3.50. The number of benzene rings is 1. The molecule has 0 radical (unpaired) electrons. The van der Waals surface area contributed by atoms with Crippen molar-refractivity contribution >= 4 is 43.4 Å². The molecule has 9 heteroatoms. The number of nitrogens with zero attached hydrogens (tertiary/aromatic N) is 3. The molecule has 0 unspecified atom stereocenters. The van der Waals surface area contributed by atoms with Crippen molar-refractivity contribution in [2.75, 3.05) is 11.9 Å². The van der Waals surface area contributed by atoms with Gasteiger partial charge in [0.05, 0.1) is 12.1 Å². The average Bonchev–Trinajstić information content (AvgIpc) is 3.15. The third-order valence-electron chi connectivity index (χ3n) is 4.81. The molecule has 0 saturated carbocycles. The fraction of sp³-hybridized carbons (Fsp3) is 0.273. The second-order valence-corrected chi connectivity index (χ2v) is 7.97. The predicted octanol–water partition coefficient (Wildman–Crippen LogP) is 3.22. The molecule has 0 atom stereocenters. The minimum Gasteiger partial charge on any atom is -0.494 e. The average molecular weight is 439 g/mol. The van der Waals surface area contributed by atoms with Crippen molar-refractivity contribution in [3.05, 3.63) is 63.4 Å². The summed E-state index contributed by atoms with van der Waals surface area (Å²) in [4.78, 5) is 43.9. The monoisotopic (exact) mass is 438 g/mol. The number of thiophene rings is 1. The quantitative estimate of drug-likeness (QED) is 0.478. The highest BCUT2D eigenvalue weighted by Crippen LogP contribution is 2.29. The van der Waals surface area contributed by atoms with Gasteiger partial charge in [0.2, 0.25) is 5.91 Å². The van der Waals surface area contributed by atoms with E-state index in [1.54, 1.807) is 36.5 Å². The number of pyridine rings is 1. The summed E-state index contributed by atoms with van der Waals surface area (Å²) >= 11 is 1.24. The molecule has 0 aliphatic heterocycles. The molecular formula is C22H22N4O4S. The summed E-state index contributed by atoms with van der Waals surface area (Å²) < 4.78 is 8.40. The number of rotatable bonds is 7. The van der Waals surface area contributed by atoms with Gasteiger partial charge in [-0.05, 0) is 49.7 Å². The lowest BCUT2D eigenvalue weighted by atomic mass is 10.3. The molecule has 31 heavy (non-hydrogen) atoms. The fourth-order valence-corrected chi connectivity index (χ4v) is 4.59. The minimum absolute atomic E-state index is 0.215. The Balaban J connectivity index is 1.76. The predicted molar refractivity (Wildman–Crippen MR) is 122 cm³/mol. The largest absolute Gasteiger partial charge is 0.494 e. The van der Waals surface area contributed by atoms with Gasteiger partial charge in [-0.2, -0.15) is 0 Å². The number of anilines is 1. The first-order chi connectivity index (χ1) is 15.0. The van der Waals surface area contributed by atoms with Gasteiger partial charge in [0, 0.05) is 23.8 Å². The summed E-state index contributed by atoms with van der Waals surface area (Å²) in [5.41, 5.74) is 0.214. The van der Waals surface area contributed by atoms with Gasteiger partial charge in [0.15, 0.2) is 0 Å². The van der Waals surface area contributed by atoms with Gasteiger partial charge in [-0.1, -0.05) is 6.92 Å². The molecule has 4 rings (SSSR count). The van der Waals surface area contributed by atoms with E-state index in [-0.39, 0.29) is 24.6 Å². The summed E-state index contributed by atoms with van der Waals surface area (Å²) in [5.74, 6) is 0.347. The van der Waals surface area contributed by atoms with E-state index in [9.17, 15) is 14.4 Å². The van der Waals surface area contributed by atoms with Crippen LogP contribution in [0.25, 0.3) is 20.4 Å². The molecule has 3 heterocycles. The number of nitrogens with one attached hydrogen (secondary N) is 1. The lowest BCUT2D eigenvalue weighted by Gasteiger charge is -2.12. The summed E-state index contributed by atoms with van der Waals surface area (Å²) in [6, 6.07) is 10.6. The van der Waals surface area contributed by atoms with Gasteiger partial charge in [-0.15, -0.1) is 11.3 Å². The minimum atomic E-state index is -0.496. The van der Waals surface area contributed by atoms with Gasteiger partial charge < -0.3 is 10.1 Å². The molecule has 1 amide bonds. The van der Waals surface area contributed by atoms with Crippen molar-refractivity contribution in [3.8, 4) is 5.75 Å². The number of amides is 1. The lowest BCUT2D eigenvalue weighted by Crippen LogP contribution is -2.41. The van der Waals surface area contributed by atoms with Crippen molar-refractivity contribution < 1.29 is 9.53 Å². The summed E-state index contributed by atoms with van der Waals surface area (Å²) in [7, 11) is 0. The van der Waals surface area contributed by atoms with Crippen molar-refractivity contribution in [1.82, 2.24) is 14.1 Å². The second kappa shape index (κ2) is 8.73. The van der Waals surface area contributed by atoms with E-state index in [4.69, 9.17) is 4.74 Å². The highest BCUT2D eigenvalue weighted by atomic mass is 32.1. The van der Waals surface area contributed by atoms with Crippen LogP contribution in [0.15, 0.2) is 52.2 Å². The number of hydrogen-bond acceptors (Lipinski definition) is 6. The smallest absolute Gasteiger partial charge is 0.332 e. The van der Waals surface area contributed by atoms with Crippen LogP contribution in [0.3, 0.4) is 0 Å². The first kappa shape index (κ1) is 20.8. The molecule has 1 aromatic carbocycles. The Bertz CT molecular complexity index is 1370. The zero-order chi connectivity index (χ0) is 22.0. The number of carbonyl (C=O) groups is 1. The molecule has 160 valence electrons. The zero-order valence-electron chi connectivity index (χ0n) is 17.3. The maximum atomic E-state index is 13.2. The van der Waals surface area contributed by atoms with E-state index in [1.165, 1.54) is 20.5 Å². The molecule has 0 saturated heterocycles. The van der Waals surface area contributed by atoms with Crippen molar-refractivity contribution in [1.29, 1.82) is 0 Å². The highest BCUT2D eigenvalue weighted by Gasteiger charge is 2.20. The first-order valence-electron chi connectivity index (χ1n) is 10.1. The molecule has 0 bridgehead atoms. The van der Waals surface area contributed by atoms with Crippen LogP contribution in [0.5, 0.6) is 5.75 Å². The Morgan fingerprint density at radius 3 is 2.61 bits per heavy atom. The maximum Gasteiger partial charge on any atom is 0.332 e. The molecule has 1 N–H and O–H groups in total. The molecular weight excluding hydrogens is 416 g/mol. The SMILES string of the molecule is CCCn1c(=O)c2sc3ncccc3c2n(CC(=O)Nc2ccc(OCC)cc2)c1=O. The molecule has 0 fully saturated rings. The Morgan fingerprint density at radius 1 is 1.13 bits per heavy atom. The van der Waals surface area contributed by atoms with Crippen LogP contribution < -0.4 is 21.3 Å². The Kier molecular flexibility index (Phi) is 5.85.